The summed E-state index contributed by atoms with van der Waals surface area (Å²) >= 11 is 0. The second-order valence-corrected chi connectivity index (χ2v) is 5.55. The number of anilines is 1. The van der Waals surface area contributed by atoms with Crippen molar-refractivity contribution in [2.24, 2.45) is 0 Å². The van der Waals surface area contributed by atoms with E-state index >= 15 is 0 Å². The molecule has 1 heterocycles. The van der Waals surface area contributed by atoms with Gasteiger partial charge in [-0.2, -0.15) is 0 Å². The van der Waals surface area contributed by atoms with E-state index in [2.05, 4.69) is 4.98 Å². The van der Waals surface area contributed by atoms with Crippen molar-refractivity contribution >= 4 is 11.7 Å². The maximum absolute atomic E-state index is 14.8. The molecule has 8 heteroatoms. The molecule has 1 aromatic heterocycles. The van der Waals surface area contributed by atoms with E-state index in [9.17, 15) is 18.0 Å². The Morgan fingerprint density at radius 2 is 1.78 bits per heavy atom. The third-order valence-electron chi connectivity index (χ3n) is 3.78. The molecular weight excluding hydrogens is 361 g/mol. The Morgan fingerprint density at radius 3 is 2.48 bits per heavy atom. The summed E-state index contributed by atoms with van der Waals surface area (Å²) in [4.78, 5) is 14.9. The van der Waals surface area contributed by atoms with Gasteiger partial charge in [-0.1, -0.05) is 18.2 Å². The predicted molar refractivity (Wildman–Crippen MR) is 91.7 cm³/mol. The highest BCUT2D eigenvalue weighted by Gasteiger charge is 2.20. The molecule has 0 saturated heterocycles. The number of nitrogens with two attached hydrogens (primary N) is 1. The molecule has 0 spiro atoms. The number of nitrogens with zero attached hydrogens (tertiary/aromatic N) is 1. The van der Waals surface area contributed by atoms with Crippen LogP contribution in [-0.2, 0) is 6.61 Å². The van der Waals surface area contributed by atoms with Crippen LogP contribution < -0.4 is 10.5 Å². The number of benzene rings is 2. The van der Waals surface area contributed by atoms with Crippen molar-refractivity contribution in [2.75, 3.05) is 5.73 Å². The first-order valence-corrected chi connectivity index (χ1v) is 7.73. The van der Waals surface area contributed by atoms with Crippen LogP contribution in [0.25, 0.3) is 11.3 Å². The van der Waals surface area contributed by atoms with Gasteiger partial charge in [0.2, 0.25) is 0 Å². The lowest BCUT2D eigenvalue weighted by Crippen LogP contribution is -2.07. The Balaban J connectivity index is 1.98. The smallest absolute Gasteiger partial charge is 0.356 e. The minimum absolute atomic E-state index is 0.140. The minimum atomic E-state index is -1.43. The maximum atomic E-state index is 14.8. The summed E-state index contributed by atoms with van der Waals surface area (Å²) in [5.41, 5.74) is 4.22. The average molecular weight is 374 g/mol. The highest BCUT2D eigenvalue weighted by Crippen LogP contribution is 2.32. The monoisotopic (exact) mass is 374 g/mol. The zero-order valence-corrected chi connectivity index (χ0v) is 13.7. The molecule has 0 aliphatic heterocycles. The Morgan fingerprint density at radius 1 is 1.04 bits per heavy atom. The molecule has 3 aromatic rings. The van der Waals surface area contributed by atoms with E-state index in [0.717, 1.165) is 12.1 Å². The third-order valence-corrected chi connectivity index (χ3v) is 3.78. The van der Waals surface area contributed by atoms with Gasteiger partial charge >= 0.3 is 5.97 Å². The Labute approximate surface area is 151 Å². The standard InChI is InChI=1S/C19H13F3N2O3/c20-11-4-2-1-3-10(11)9-27-15-8-5-12(21)16(17(15)22)14-7-6-13(23)18(24-14)19(25)26/h1-8H,9,23H2,(H,25,26). The Hall–Kier alpha value is -3.55. The zero-order valence-electron chi connectivity index (χ0n) is 13.7. The summed E-state index contributed by atoms with van der Waals surface area (Å²) < 4.78 is 47.9. The molecule has 3 rings (SSSR count). The molecule has 0 atom stereocenters. The summed E-state index contributed by atoms with van der Waals surface area (Å²) in [6.07, 6.45) is 0. The fourth-order valence-electron chi connectivity index (χ4n) is 2.43. The number of aromatic nitrogens is 1. The first kappa shape index (κ1) is 18.2. The second kappa shape index (κ2) is 7.36. The minimum Gasteiger partial charge on any atom is -0.486 e. The van der Waals surface area contributed by atoms with Gasteiger partial charge in [-0.05, 0) is 30.3 Å². The molecule has 0 aliphatic rings. The van der Waals surface area contributed by atoms with Gasteiger partial charge in [0.25, 0.3) is 0 Å². The van der Waals surface area contributed by atoms with Crippen molar-refractivity contribution in [1.29, 1.82) is 0 Å². The quantitative estimate of drug-likeness (QED) is 0.704. The number of rotatable bonds is 5. The number of carbonyl (C=O) groups is 1. The van der Waals surface area contributed by atoms with E-state index in [4.69, 9.17) is 15.6 Å². The van der Waals surface area contributed by atoms with Crippen LogP contribution in [0.4, 0.5) is 18.9 Å². The number of pyridine rings is 1. The summed E-state index contributed by atoms with van der Waals surface area (Å²) in [6, 6.07) is 10.2. The SMILES string of the molecule is Nc1ccc(-c2c(F)ccc(OCc3ccccc3F)c2F)nc1C(=O)O. The van der Waals surface area contributed by atoms with Gasteiger partial charge < -0.3 is 15.6 Å². The first-order valence-electron chi connectivity index (χ1n) is 7.73. The lowest BCUT2D eigenvalue weighted by Gasteiger charge is -2.12. The van der Waals surface area contributed by atoms with Crippen LogP contribution in [0.5, 0.6) is 5.75 Å². The van der Waals surface area contributed by atoms with Gasteiger partial charge in [0.1, 0.15) is 18.2 Å². The van der Waals surface area contributed by atoms with Crippen molar-refractivity contribution in [3.63, 3.8) is 0 Å². The number of halogens is 3. The van der Waals surface area contributed by atoms with Gasteiger partial charge in [0.05, 0.1) is 16.9 Å². The molecule has 0 bridgehead atoms. The summed E-state index contributed by atoms with van der Waals surface area (Å²) in [7, 11) is 0. The molecule has 27 heavy (non-hydrogen) atoms. The lowest BCUT2D eigenvalue weighted by molar-refractivity contribution is 0.0692. The fraction of sp³-hybridized carbons (Fsp3) is 0.0526. The summed E-state index contributed by atoms with van der Waals surface area (Å²) in [5, 5.41) is 9.08. The van der Waals surface area contributed by atoms with Gasteiger partial charge in [-0.25, -0.2) is 22.9 Å². The van der Waals surface area contributed by atoms with Crippen LogP contribution in [0.2, 0.25) is 0 Å². The van der Waals surface area contributed by atoms with Crippen molar-refractivity contribution in [3.8, 4) is 17.0 Å². The number of hydrogen-bond donors (Lipinski definition) is 2. The van der Waals surface area contributed by atoms with Gasteiger partial charge in [-0.15, -0.1) is 0 Å². The number of carboxylic acid groups (broad SMARTS) is 1. The zero-order chi connectivity index (χ0) is 19.6. The van der Waals surface area contributed by atoms with E-state index in [0.29, 0.717) is 0 Å². The van der Waals surface area contributed by atoms with Crippen LogP contribution >= 0.6 is 0 Å². The van der Waals surface area contributed by atoms with E-state index in [1.54, 1.807) is 6.07 Å². The van der Waals surface area contributed by atoms with E-state index in [1.807, 2.05) is 0 Å². The number of nitrogen functional groups attached to an aromatic ring is 1. The third kappa shape index (κ3) is 3.69. The molecule has 0 radical (unpaired) electrons. The molecule has 0 amide bonds. The van der Waals surface area contributed by atoms with Crippen molar-refractivity contribution in [3.05, 3.63) is 77.2 Å². The van der Waals surface area contributed by atoms with Crippen molar-refractivity contribution < 1.29 is 27.8 Å². The Kier molecular flexibility index (Phi) is 4.98. The molecule has 0 unspecified atom stereocenters. The van der Waals surface area contributed by atoms with E-state index in [1.165, 1.54) is 30.3 Å². The number of carboxylic acids is 1. The summed E-state index contributed by atoms with van der Waals surface area (Å²) in [5.74, 6) is -4.32. The van der Waals surface area contributed by atoms with Crippen molar-refractivity contribution in [1.82, 2.24) is 4.98 Å². The largest absolute Gasteiger partial charge is 0.486 e. The van der Waals surface area contributed by atoms with Gasteiger partial charge in [-0.3, -0.25) is 0 Å². The second-order valence-electron chi connectivity index (χ2n) is 5.55. The van der Waals surface area contributed by atoms with Gasteiger partial charge in [0.15, 0.2) is 17.3 Å². The average Bonchev–Trinajstić information content (AvgIpc) is 2.63. The molecule has 2 aromatic carbocycles. The summed E-state index contributed by atoms with van der Waals surface area (Å²) in [6.45, 7) is -0.274. The van der Waals surface area contributed by atoms with E-state index in [-0.39, 0.29) is 29.3 Å². The van der Waals surface area contributed by atoms with Crippen LogP contribution in [0.3, 0.4) is 0 Å². The highest BCUT2D eigenvalue weighted by atomic mass is 19.1. The van der Waals surface area contributed by atoms with Crippen LogP contribution in [-0.4, -0.2) is 16.1 Å². The Bertz CT molecular complexity index is 1030. The number of hydrogen-bond acceptors (Lipinski definition) is 4. The number of aromatic carboxylic acids is 1. The van der Waals surface area contributed by atoms with Crippen LogP contribution in [0.1, 0.15) is 16.1 Å². The van der Waals surface area contributed by atoms with Crippen LogP contribution in [0, 0.1) is 17.5 Å². The molecule has 0 saturated carbocycles. The van der Waals surface area contributed by atoms with Crippen molar-refractivity contribution in [2.45, 2.75) is 6.61 Å². The first-order chi connectivity index (χ1) is 12.9. The van der Waals surface area contributed by atoms with E-state index < -0.39 is 34.7 Å². The predicted octanol–water partition coefficient (Wildman–Crippen LogP) is 4.03. The lowest BCUT2D eigenvalue weighted by atomic mass is 10.1. The molecular formula is C19H13F3N2O3. The maximum Gasteiger partial charge on any atom is 0.356 e. The molecule has 0 aliphatic carbocycles. The highest BCUT2D eigenvalue weighted by molar-refractivity contribution is 5.92. The number of ether oxygens (including phenoxy) is 1. The van der Waals surface area contributed by atoms with Crippen LogP contribution in [0.15, 0.2) is 48.5 Å². The molecule has 3 N–H and O–H groups in total. The molecule has 5 nitrogen and oxygen atoms in total. The topological polar surface area (TPSA) is 85.4 Å². The molecule has 138 valence electrons. The van der Waals surface area contributed by atoms with Gasteiger partial charge in [0, 0.05) is 5.56 Å². The normalized spacial score (nSPS) is 10.6. The fourth-order valence-corrected chi connectivity index (χ4v) is 2.43. The molecule has 0 fully saturated rings.